The molecule has 2 rings (SSSR count). The monoisotopic (exact) mass is 337 g/mol. The van der Waals surface area contributed by atoms with Gasteiger partial charge in [-0.1, -0.05) is 18.2 Å². The topological polar surface area (TPSA) is 66.3 Å². The first-order chi connectivity index (χ1) is 12.2. The predicted molar refractivity (Wildman–Crippen MR) is 101 cm³/mol. The maximum atomic E-state index is 9.42. The SMILES string of the molecule is CCNc1c(OC)cc(CC(C#N)=CNc2ccccc2)cc1OC. The van der Waals surface area contributed by atoms with Gasteiger partial charge in [0.2, 0.25) is 0 Å². The molecule has 5 heteroatoms. The Morgan fingerprint density at radius 3 is 2.28 bits per heavy atom. The first kappa shape index (κ1) is 18.2. The molecule has 25 heavy (non-hydrogen) atoms. The minimum atomic E-state index is 0.482. The fourth-order valence-corrected chi connectivity index (χ4v) is 2.47. The van der Waals surface area contributed by atoms with Crippen LogP contribution in [0.15, 0.2) is 54.2 Å². The van der Waals surface area contributed by atoms with E-state index in [0.717, 1.165) is 23.5 Å². The largest absolute Gasteiger partial charge is 0.494 e. The molecule has 0 saturated carbocycles. The highest BCUT2D eigenvalue weighted by molar-refractivity contribution is 5.68. The molecule has 0 bridgehead atoms. The van der Waals surface area contributed by atoms with Crippen LogP contribution in [-0.2, 0) is 6.42 Å². The van der Waals surface area contributed by atoms with Crippen LogP contribution in [0.5, 0.6) is 11.5 Å². The van der Waals surface area contributed by atoms with E-state index in [1.807, 2.05) is 49.4 Å². The van der Waals surface area contributed by atoms with E-state index in [1.54, 1.807) is 20.4 Å². The van der Waals surface area contributed by atoms with Gasteiger partial charge in [0.1, 0.15) is 17.2 Å². The summed E-state index contributed by atoms with van der Waals surface area (Å²) in [6.07, 6.45) is 2.21. The van der Waals surface area contributed by atoms with Crippen molar-refractivity contribution in [1.82, 2.24) is 0 Å². The number of methoxy groups -OCH3 is 2. The molecule has 0 heterocycles. The van der Waals surface area contributed by atoms with Gasteiger partial charge < -0.3 is 20.1 Å². The fourth-order valence-electron chi connectivity index (χ4n) is 2.47. The van der Waals surface area contributed by atoms with Crippen LogP contribution in [0, 0.1) is 11.3 Å². The van der Waals surface area contributed by atoms with Gasteiger partial charge in [-0.25, -0.2) is 0 Å². The number of nitriles is 1. The Labute approximate surface area is 148 Å². The quantitative estimate of drug-likeness (QED) is 0.707. The van der Waals surface area contributed by atoms with Crippen LogP contribution in [0.3, 0.4) is 0 Å². The number of hydrogen-bond donors (Lipinski definition) is 2. The average molecular weight is 337 g/mol. The van der Waals surface area contributed by atoms with E-state index >= 15 is 0 Å². The zero-order chi connectivity index (χ0) is 18.1. The van der Waals surface area contributed by atoms with E-state index in [2.05, 4.69) is 16.7 Å². The first-order valence-electron chi connectivity index (χ1n) is 8.11. The lowest BCUT2D eigenvalue weighted by Gasteiger charge is -2.16. The molecule has 0 aliphatic heterocycles. The number of benzene rings is 2. The van der Waals surface area contributed by atoms with Crippen molar-refractivity contribution in [3.05, 3.63) is 59.8 Å². The lowest BCUT2D eigenvalue weighted by atomic mass is 10.0. The summed E-state index contributed by atoms with van der Waals surface area (Å²) in [5.74, 6) is 1.40. The summed E-state index contributed by atoms with van der Waals surface area (Å²) in [6.45, 7) is 2.77. The van der Waals surface area contributed by atoms with Gasteiger partial charge in [-0.05, 0) is 36.8 Å². The van der Waals surface area contributed by atoms with Gasteiger partial charge in [0.05, 0.1) is 20.3 Å². The summed E-state index contributed by atoms with van der Waals surface area (Å²) in [5, 5.41) is 15.8. The van der Waals surface area contributed by atoms with Gasteiger partial charge in [-0.2, -0.15) is 5.26 Å². The highest BCUT2D eigenvalue weighted by atomic mass is 16.5. The second-order valence-electron chi connectivity index (χ2n) is 5.37. The predicted octanol–water partition coefficient (Wildman–Crippen LogP) is 4.20. The number of anilines is 2. The maximum absolute atomic E-state index is 9.42. The van der Waals surface area contributed by atoms with Crippen LogP contribution in [0.2, 0.25) is 0 Å². The number of hydrogen-bond acceptors (Lipinski definition) is 5. The Balaban J connectivity index is 2.23. The Morgan fingerprint density at radius 1 is 1.12 bits per heavy atom. The molecule has 2 aromatic rings. The van der Waals surface area contributed by atoms with Gasteiger partial charge in [-0.3, -0.25) is 0 Å². The Hall–Kier alpha value is -3.13. The number of ether oxygens (including phenoxy) is 2. The normalized spacial score (nSPS) is 10.7. The van der Waals surface area contributed by atoms with Crippen LogP contribution in [0.1, 0.15) is 12.5 Å². The van der Waals surface area contributed by atoms with Gasteiger partial charge in [0.25, 0.3) is 0 Å². The third-order valence-corrected chi connectivity index (χ3v) is 3.64. The highest BCUT2D eigenvalue weighted by Gasteiger charge is 2.12. The molecular weight excluding hydrogens is 314 g/mol. The highest BCUT2D eigenvalue weighted by Crippen LogP contribution is 2.36. The molecule has 0 amide bonds. The average Bonchev–Trinajstić information content (AvgIpc) is 2.66. The minimum Gasteiger partial charge on any atom is -0.494 e. The summed E-state index contributed by atoms with van der Waals surface area (Å²) in [4.78, 5) is 0. The van der Waals surface area contributed by atoms with Crippen LogP contribution >= 0.6 is 0 Å². The van der Waals surface area contributed by atoms with Crippen molar-refractivity contribution in [2.24, 2.45) is 0 Å². The summed E-state index contributed by atoms with van der Waals surface area (Å²) in [7, 11) is 3.24. The number of nitrogens with zero attached hydrogens (tertiary/aromatic N) is 1. The summed E-state index contributed by atoms with van der Waals surface area (Å²) >= 11 is 0. The van der Waals surface area contributed by atoms with Crippen LogP contribution in [0.4, 0.5) is 11.4 Å². The Kier molecular flexibility index (Phi) is 6.73. The van der Waals surface area contributed by atoms with Gasteiger partial charge >= 0.3 is 0 Å². The van der Waals surface area contributed by atoms with E-state index < -0.39 is 0 Å². The summed E-state index contributed by atoms with van der Waals surface area (Å²) in [5.41, 5.74) is 3.32. The molecule has 0 aliphatic rings. The molecule has 0 fully saturated rings. The smallest absolute Gasteiger partial charge is 0.146 e. The number of nitrogens with one attached hydrogen (secondary N) is 2. The van der Waals surface area contributed by atoms with Crippen molar-refractivity contribution in [3.8, 4) is 17.6 Å². The second kappa shape index (κ2) is 9.24. The standard InChI is InChI=1S/C20H23N3O2/c1-4-22-20-18(24-2)11-15(12-19(20)25-3)10-16(13-21)14-23-17-8-6-5-7-9-17/h5-9,11-12,14,22-23H,4,10H2,1-3H3. The molecule has 5 nitrogen and oxygen atoms in total. The van der Waals surface area contributed by atoms with E-state index in [1.165, 1.54) is 0 Å². The number of rotatable bonds is 8. The minimum absolute atomic E-state index is 0.482. The van der Waals surface area contributed by atoms with Crippen LogP contribution in [0.25, 0.3) is 0 Å². The van der Waals surface area contributed by atoms with Crippen molar-refractivity contribution < 1.29 is 9.47 Å². The molecule has 0 spiro atoms. The molecule has 2 N–H and O–H groups in total. The summed E-state index contributed by atoms with van der Waals surface area (Å²) < 4.78 is 10.9. The van der Waals surface area contributed by atoms with Gasteiger partial charge in [0, 0.05) is 30.4 Å². The van der Waals surface area contributed by atoms with Crippen LogP contribution in [-0.4, -0.2) is 20.8 Å². The zero-order valence-corrected chi connectivity index (χ0v) is 14.8. The second-order valence-corrected chi connectivity index (χ2v) is 5.37. The number of para-hydroxylation sites is 1. The molecule has 0 saturated heterocycles. The first-order valence-corrected chi connectivity index (χ1v) is 8.11. The molecule has 0 atom stereocenters. The lowest BCUT2D eigenvalue weighted by Crippen LogP contribution is -2.04. The Morgan fingerprint density at radius 2 is 1.76 bits per heavy atom. The molecule has 0 radical (unpaired) electrons. The fraction of sp³-hybridized carbons (Fsp3) is 0.250. The third-order valence-electron chi connectivity index (χ3n) is 3.64. The van der Waals surface area contributed by atoms with Gasteiger partial charge in [-0.15, -0.1) is 0 Å². The summed E-state index contributed by atoms with van der Waals surface area (Å²) in [6, 6.07) is 15.8. The third kappa shape index (κ3) is 4.92. The molecule has 0 aromatic heterocycles. The number of allylic oxidation sites excluding steroid dienone is 1. The van der Waals surface area contributed by atoms with Crippen molar-refractivity contribution in [2.45, 2.75) is 13.3 Å². The zero-order valence-electron chi connectivity index (χ0n) is 14.8. The molecule has 0 aliphatic carbocycles. The van der Waals surface area contributed by atoms with Crippen LogP contribution < -0.4 is 20.1 Å². The molecule has 2 aromatic carbocycles. The molecular formula is C20H23N3O2. The van der Waals surface area contributed by atoms with E-state index in [9.17, 15) is 5.26 Å². The van der Waals surface area contributed by atoms with E-state index in [4.69, 9.17) is 9.47 Å². The van der Waals surface area contributed by atoms with Crippen molar-refractivity contribution in [2.75, 3.05) is 31.4 Å². The van der Waals surface area contributed by atoms with Crippen molar-refractivity contribution in [3.63, 3.8) is 0 Å². The van der Waals surface area contributed by atoms with Gasteiger partial charge in [0.15, 0.2) is 0 Å². The molecule has 130 valence electrons. The lowest BCUT2D eigenvalue weighted by molar-refractivity contribution is 0.397. The Bertz CT molecular complexity index is 739. The van der Waals surface area contributed by atoms with E-state index in [-0.39, 0.29) is 0 Å². The van der Waals surface area contributed by atoms with E-state index in [0.29, 0.717) is 23.5 Å². The molecule has 0 unspecified atom stereocenters. The van der Waals surface area contributed by atoms with Crippen molar-refractivity contribution in [1.29, 1.82) is 5.26 Å². The van der Waals surface area contributed by atoms with Crippen molar-refractivity contribution >= 4 is 11.4 Å². The maximum Gasteiger partial charge on any atom is 0.146 e.